The van der Waals surface area contributed by atoms with Gasteiger partial charge in [-0.3, -0.25) is 10.9 Å². The summed E-state index contributed by atoms with van der Waals surface area (Å²) in [4.78, 5) is 0. The van der Waals surface area contributed by atoms with E-state index in [1.165, 1.54) is 5.56 Å². The molecule has 3 heteroatoms. The summed E-state index contributed by atoms with van der Waals surface area (Å²) in [5.41, 5.74) is 7.65. The molecular weight excluding hydrogens is 176 g/mol. The largest absolute Gasteiger partial charge is 0.373 e. The summed E-state index contributed by atoms with van der Waals surface area (Å²) in [7, 11) is 0. The molecule has 1 saturated heterocycles. The Bertz CT molecular complexity index is 259. The lowest BCUT2D eigenvalue weighted by Crippen LogP contribution is -2.32. The molecular formula is C11H16N2O. The van der Waals surface area contributed by atoms with Crippen molar-refractivity contribution in [3.63, 3.8) is 0 Å². The van der Waals surface area contributed by atoms with Crippen LogP contribution in [0.2, 0.25) is 0 Å². The van der Waals surface area contributed by atoms with E-state index in [0.717, 1.165) is 26.1 Å². The predicted molar refractivity (Wildman–Crippen MR) is 55.6 cm³/mol. The molecule has 0 aromatic heterocycles. The van der Waals surface area contributed by atoms with Crippen LogP contribution in [0.25, 0.3) is 0 Å². The van der Waals surface area contributed by atoms with Crippen molar-refractivity contribution in [2.24, 2.45) is 0 Å². The smallest absolute Gasteiger partial charge is 0.0822 e. The first-order valence-electron chi connectivity index (χ1n) is 5.06. The molecule has 0 unspecified atom stereocenters. The maximum absolute atomic E-state index is 5.11. The summed E-state index contributed by atoms with van der Waals surface area (Å²) in [6.07, 6.45) is 1.61. The first-order valence-corrected chi connectivity index (χ1v) is 5.06. The number of hydrogen-bond donors (Lipinski definition) is 2. The zero-order chi connectivity index (χ0) is 9.64. The zero-order valence-corrected chi connectivity index (χ0v) is 8.20. The first kappa shape index (κ1) is 9.65. The molecule has 0 amide bonds. The molecule has 1 aliphatic rings. The van der Waals surface area contributed by atoms with Crippen LogP contribution in [0.5, 0.6) is 0 Å². The van der Waals surface area contributed by atoms with Crippen molar-refractivity contribution in [2.45, 2.75) is 19.1 Å². The van der Waals surface area contributed by atoms with Gasteiger partial charge >= 0.3 is 0 Å². The zero-order valence-electron chi connectivity index (χ0n) is 8.20. The summed E-state index contributed by atoms with van der Waals surface area (Å²) in [5, 5.41) is 0. The first-order chi connectivity index (χ1) is 6.95. The van der Waals surface area contributed by atoms with Crippen molar-refractivity contribution >= 4 is 0 Å². The summed E-state index contributed by atoms with van der Waals surface area (Å²) in [5.74, 6) is 0. The van der Waals surface area contributed by atoms with Crippen LogP contribution in [-0.4, -0.2) is 19.3 Å². The van der Waals surface area contributed by atoms with Gasteiger partial charge in [-0.15, -0.1) is 0 Å². The van der Waals surface area contributed by atoms with Crippen molar-refractivity contribution in [3.8, 4) is 0 Å². The molecule has 0 aliphatic carbocycles. The van der Waals surface area contributed by atoms with Crippen molar-refractivity contribution < 1.29 is 4.74 Å². The molecule has 0 spiro atoms. The van der Waals surface area contributed by atoms with Crippen molar-refractivity contribution in [1.82, 2.24) is 10.9 Å². The van der Waals surface area contributed by atoms with E-state index >= 15 is 0 Å². The van der Waals surface area contributed by atoms with Gasteiger partial charge in [-0.2, -0.15) is 0 Å². The maximum Gasteiger partial charge on any atom is 0.0822 e. The Morgan fingerprint density at radius 3 is 2.71 bits per heavy atom. The molecule has 2 N–H and O–H groups in total. The van der Waals surface area contributed by atoms with Crippen molar-refractivity contribution in [2.75, 3.05) is 13.2 Å². The molecule has 1 aromatic rings. The summed E-state index contributed by atoms with van der Waals surface area (Å²) in [6, 6.07) is 10.4. The van der Waals surface area contributed by atoms with E-state index in [1.54, 1.807) is 0 Å². The molecule has 2 rings (SSSR count). The van der Waals surface area contributed by atoms with E-state index < -0.39 is 0 Å². The van der Waals surface area contributed by atoms with Gasteiger partial charge in [0.1, 0.15) is 0 Å². The number of epoxide rings is 1. The Hall–Kier alpha value is -0.900. The van der Waals surface area contributed by atoms with E-state index in [9.17, 15) is 0 Å². The lowest BCUT2D eigenvalue weighted by Gasteiger charge is -2.05. The van der Waals surface area contributed by atoms with Crippen LogP contribution in [0, 0.1) is 0 Å². The van der Waals surface area contributed by atoms with Crippen LogP contribution in [-0.2, 0) is 11.3 Å². The molecule has 0 radical (unpaired) electrons. The van der Waals surface area contributed by atoms with Crippen molar-refractivity contribution in [3.05, 3.63) is 35.9 Å². The van der Waals surface area contributed by atoms with Crippen LogP contribution in [0.4, 0.5) is 0 Å². The second-order valence-corrected chi connectivity index (χ2v) is 3.51. The third kappa shape index (κ3) is 3.46. The normalized spacial score (nSPS) is 19.6. The van der Waals surface area contributed by atoms with Gasteiger partial charge in [0.15, 0.2) is 0 Å². The quantitative estimate of drug-likeness (QED) is 0.402. The Kier molecular flexibility index (Phi) is 3.51. The number of benzene rings is 1. The van der Waals surface area contributed by atoms with Gasteiger partial charge in [-0.05, 0) is 12.0 Å². The van der Waals surface area contributed by atoms with Crippen LogP contribution >= 0.6 is 0 Å². The van der Waals surface area contributed by atoms with Crippen molar-refractivity contribution in [1.29, 1.82) is 0 Å². The van der Waals surface area contributed by atoms with Crippen LogP contribution < -0.4 is 10.9 Å². The number of nitrogens with one attached hydrogen (secondary N) is 2. The number of hydrogen-bond acceptors (Lipinski definition) is 3. The topological polar surface area (TPSA) is 36.6 Å². The SMILES string of the molecule is c1ccc(CNNCC[C@H]2CO2)cc1. The predicted octanol–water partition coefficient (Wildman–Crippen LogP) is 1.07. The van der Waals surface area contributed by atoms with Gasteiger partial charge in [-0.1, -0.05) is 30.3 Å². The highest BCUT2D eigenvalue weighted by atomic mass is 16.6. The highest BCUT2D eigenvalue weighted by Gasteiger charge is 2.20. The number of hydrazine groups is 1. The van der Waals surface area contributed by atoms with Crippen LogP contribution in [0.15, 0.2) is 30.3 Å². The highest BCUT2D eigenvalue weighted by molar-refractivity contribution is 5.13. The van der Waals surface area contributed by atoms with Gasteiger partial charge in [0.2, 0.25) is 0 Å². The minimum atomic E-state index is 0.515. The summed E-state index contributed by atoms with van der Waals surface area (Å²) < 4.78 is 5.11. The van der Waals surface area contributed by atoms with Crippen LogP contribution in [0.3, 0.4) is 0 Å². The monoisotopic (exact) mass is 192 g/mol. The summed E-state index contributed by atoms with van der Waals surface area (Å²) >= 11 is 0. The molecule has 14 heavy (non-hydrogen) atoms. The Labute approximate surface area is 84.4 Å². The second kappa shape index (κ2) is 5.10. The lowest BCUT2D eigenvalue weighted by atomic mass is 10.2. The maximum atomic E-state index is 5.11. The Morgan fingerprint density at radius 1 is 1.21 bits per heavy atom. The third-order valence-corrected chi connectivity index (χ3v) is 2.25. The number of rotatable bonds is 6. The lowest BCUT2D eigenvalue weighted by molar-refractivity contribution is 0.384. The van der Waals surface area contributed by atoms with Gasteiger partial charge in [0.05, 0.1) is 12.7 Å². The van der Waals surface area contributed by atoms with Crippen LogP contribution in [0.1, 0.15) is 12.0 Å². The second-order valence-electron chi connectivity index (χ2n) is 3.51. The van der Waals surface area contributed by atoms with E-state index in [4.69, 9.17) is 4.74 Å². The summed E-state index contributed by atoms with van der Waals surface area (Å²) in [6.45, 7) is 2.78. The van der Waals surface area contributed by atoms with Gasteiger partial charge in [0.25, 0.3) is 0 Å². The van der Waals surface area contributed by atoms with E-state index in [2.05, 4.69) is 35.1 Å². The molecule has 3 nitrogen and oxygen atoms in total. The minimum Gasteiger partial charge on any atom is -0.373 e. The molecule has 1 atom stereocenters. The van der Waals surface area contributed by atoms with E-state index in [1.807, 2.05) is 6.07 Å². The van der Waals surface area contributed by atoms with Gasteiger partial charge in [0, 0.05) is 13.1 Å². The standard InChI is InChI=1S/C11H16N2O/c1-2-4-10(5-3-1)8-13-12-7-6-11-9-14-11/h1-5,11-13H,6-9H2/t11-/m0/s1. The Balaban J connectivity index is 1.54. The fourth-order valence-electron chi connectivity index (χ4n) is 1.32. The average molecular weight is 192 g/mol. The van der Waals surface area contributed by atoms with E-state index in [0.29, 0.717) is 6.10 Å². The Morgan fingerprint density at radius 2 is 2.00 bits per heavy atom. The fraction of sp³-hybridized carbons (Fsp3) is 0.455. The highest BCUT2D eigenvalue weighted by Crippen LogP contribution is 2.11. The minimum absolute atomic E-state index is 0.515. The molecule has 1 heterocycles. The fourth-order valence-corrected chi connectivity index (χ4v) is 1.32. The molecule has 1 aromatic carbocycles. The van der Waals surface area contributed by atoms with Gasteiger partial charge in [-0.25, -0.2) is 0 Å². The van der Waals surface area contributed by atoms with E-state index in [-0.39, 0.29) is 0 Å². The number of ether oxygens (including phenoxy) is 1. The molecule has 1 fully saturated rings. The van der Waals surface area contributed by atoms with Gasteiger partial charge < -0.3 is 4.74 Å². The third-order valence-electron chi connectivity index (χ3n) is 2.25. The molecule has 0 bridgehead atoms. The molecule has 76 valence electrons. The molecule has 0 saturated carbocycles. The average Bonchev–Trinajstić information content (AvgIpc) is 3.03. The molecule has 1 aliphatic heterocycles.